The normalized spacial score (nSPS) is 9.88. The van der Waals surface area contributed by atoms with Crippen LogP contribution < -0.4 is 10.1 Å². The molecule has 0 aliphatic rings. The summed E-state index contributed by atoms with van der Waals surface area (Å²) in [7, 11) is 0. The molecule has 2 rings (SSSR count). The van der Waals surface area contributed by atoms with E-state index in [1.165, 1.54) is 0 Å². The SMILES string of the molecule is Cc1cccc(C)c1OCC(=O)OCC(=O)Nc1ccc(CC#N)cc1. The van der Waals surface area contributed by atoms with Crippen LogP contribution in [0.2, 0.25) is 0 Å². The van der Waals surface area contributed by atoms with Crippen molar-refractivity contribution >= 4 is 17.6 Å². The zero-order valence-corrected chi connectivity index (χ0v) is 14.7. The van der Waals surface area contributed by atoms with Crippen LogP contribution in [0.3, 0.4) is 0 Å². The molecule has 0 radical (unpaired) electrons. The fraction of sp³-hybridized carbons (Fsp3) is 0.250. The summed E-state index contributed by atoms with van der Waals surface area (Å²) in [5.74, 6) is -0.419. The van der Waals surface area contributed by atoms with Gasteiger partial charge in [0.15, 0.2) is 13.2 Å². The summed E-state index contributed by atoms with van der Waals surface area (Å²) in [6.07, 6.45) is 0.312. The molecule has 0 aromatic heterocycles. The van der Waals surface area contributed by atoms with Gasteiger partial charge in [-0.15, -0.1) is 0 Å². The van der Waals surface area contributed by atoms with E-state index in [0.29, 0.717) is 17.9 Å². The Morgan fingerprint density at radius 1 is 1.04 bits per heavy atom. The number of nitriles is 1. The predicted molar refractivity (Wildman–Crippen MR) is 96.8 cm³/mol. The van der Waals surface area contributed by atoms with Crippen LogP contribution in [0.4, 0.5) is 5.69 Å². The third-order valence-electron chi connectivity index (χ3n) is 3.63. The van der Waals surface area contributed by atoms with E-state index in [0.717, 1.165) is 16.7 Å². The molecule has 0 aliphatic heterocycles. The predicted octanol–water partition coefficient (Wildman–Crippen LogP) is 2.93. The van der Waals surface area contributed by atoms with Crippen LogP contribution in [0.15, 0.2) is 42.5 Å². The van der Waals surface area contributed by atoms with E-state index in [2.05, 4.69) is 11.4 Å². The maximum absolute atomic E-state index is 11.8. The number of benzene rings is 2. The summed E-state index contributed by atoms with van der Waals surface area (Å²) in [5, 5.41) is 11.2. The second-order valence-corrected chi connectivity index (χ2v) is 5.75. The number of nitrogens with zero attached hydrogens (tertiary/aromatic N) is 1. The summed E-state index contributed by atoms with van der Waals surface area (Å²) in [4.78, 5) is 23.6. The molecule has 0 heterocycles. The molecule has 1 amide bonds. The number of ether oxygens (including phenoxy) is 2. The number of para-hydroxylation sites is 1. The van der Waals surface area contributed by atoms with Crippen molar-refractivity contribution in [3.8, 4) is 11.8 Å². The van der Waals surface area contributed by atoms with Crippen LogP contribution in [0.1, 0.15) is 16.7 Å². The Bertz CT molecular complexity index is 802. The zero-order chi connectivity index (χ0) is 18.9. The van der Waals surface area contributed by atoms with Gasteiger partial charge in [-0.1, -0.05) is 30.3 Å². The molecule has 0 bridgehead atoms. The molecule has 0 saturated carbocycles. The maximum Gasteiger partial charge on any atom is 0.344 e. The van der Waals surface area contributed by atoms with Crippen LogP contribution in [-0.2, 0) is 20.7 Å². The number of esters is 1. The molecular formula is C20H20N2O4. The lowest BCUT2D eigenvalue weighted by molar-refractivity contribution is -0.149. The zero-order valence-electron chi connectivity index (χ0n) is 14.7. The monoisotopic (exact) mass is 352 g/mol. The molecule has 6 nitrogen and oxygen atoms in total. The molecule has 26 heavy (non-hydrogen) atoms. The lowest BCUT2D eigenvalue weighted by Gasteiger charge is -2.11. The van der Waals surface area contributed by atoms with E-state index in [-0.39, 0.29) is 6.61 Å². The number of aryl methyl sites for hydroxylation is 2. The average molecular weight is 352 g/mol. The van der Waals surface area contributed by atoms with Gasteiger partial charge in [-0.3, -0.25) is 4.79 Å². The minimum absolute atomic E-state index is 0.262. The number of amides is 1. The van der Waals surface area contributed by atoms with Gasteiger partial charge in [-0.2, -0.15) is 5.26 Å². The lowest BCUT2D eigenvalue weighted by Crippen LogP contribution is -2.23. The van der Waals surface area contributed by atoms with Crippen LogP contribution >= 0.6 is 0 Å². The second-order valence-electron chi connectivity index (χ2n) is 5.75. The van der Waals surface area contributed by atoms with Gasteiger partial charge in [0.2, 0.25) is 0 Å². The van der Waals surface area contributed by atoms with E-state index in [1.807, 2.05) is 32.0 Å². The van der Waals surface area contributed by atoms with Crippen LogP contribution in [0.25, 0.3) is 0 Å². The fourth-order valence-electron chi connectivity index (χ4n) is 2.34. The Morgan fingerprint density at radius 3 is 2.31 bits per heavy atom. The largest absolute Gasteiger partial charge is 0.481 e. The first-order valence-corrected chi connectivity index (χ1v) is 8.10. The van der Waals surface area contributed by atoms with E-state index >= 15 is 0 Å². The van der Waals surface area contributed by atoms with E-state index < -0.39 is 18.5 Å². The number of carbonyl (C=O) groups excluding carboxylic acids is 2. The van der Waals surface area contributed by atoms with Gasteiger partial charge in [0.05, 0.1) is 12.5 Å². The highest BCUT2D eigenvalue weighted by molar-refractivity contribution is 5.92. The number of rotatable bonds is 7. The first kappa shape index (κ1) is 19.0. The van der Waals surface area contributed by atoms with Gasteiger partial charge in [0.1, 0.15) is 5.75 Å². The molecule has 1 N–H and O–H groups in total. The lowest BCUT2D eigenvalue weighted by atomic mass is 10.1. The van der Waals surface area contributed by atoms with Gasteiger partial charge in [0, 0.05) is 5.69 Å². The van der Waals surface area contributed by atoms with Crippen LogP contribution in [0.5, 0.6) is 5.75 Å². The summed E-state index contributed by atoms with van der Waals surface area (Å²) < 4.78 is 10.4. The minimum atomic E-state index is -0.618. The van der Waals surface area contributed by atoms with Gasteiger partial charge in [0.25, 0.3) is 5.91 Å². The Hall–Kier alpha value is -3.33. The van der Waals surface area contributed by atoms with Crippen LogP contribution in [-0.4, -0.2) is 25.1 Å². The van der Waals surface area contributed by atoms with Crippen LogP contribution in [0, 0.1) is 25.2 Å². The van der Waals surface area contributed by atoms with Crippen molar-refractivity contribution in [3.63, 3.8) is 0 Å². The first-order valence-electron chi connectivity index (χ1n) is 8.10. The molecular weight excluding hydrogens is 332 g/mol. The minimum Gasteiger partial charge on any atom is -0.481 e. The summed E-state index contributed by atoms with van der Waals surface area (Å²) in [5.41, 5.74) is 3.28. The first-order chi connectivity index (χ1) is 12.5. The molecule has 0 atom stereocenters. The van der Waals surface area contributed by atoms with Crippen molar-refractivity contribution in [2.45, 2.75) is 20.3 Å². The van der Waals surface area contributed by atoms with Crippen molar-refractivity contribution in [1.29, 1.82) is 5.26 Å². The average Bonchev–Trinajstić information content (AvgIpc) is 2.61. The third-order valence-corrected chi connectivity index (χ3v) is 3.63. The van der Waals surface area contributed by atoms with Gasteiger partial charge in [-0.25, -0.2) is 4.79 Å². The molecule has 0 unspecified atom stereocenters. The van der Waals surface area contributed by atoms with Gasteiger partial charge >= 0.3 is 5.97 Å². The second kappa shape index (κ2) is 9.23. The van der Waals surface area contributed by atoms with E-state index in [9.17, 15) is 9.59 Å². The molecule has 0 fully saturated rings. The number of hydrogen-bond donors (Lipinski definition) is 1. The van der Waals surface area contributed by atoms with Crippen molar-refractivity contribution in [3.05, 3.63) is 59.2 Å². The number of hydrogen-bond acceptors (Lipinski definition) is 5. The molecule has 134 valence electrons. The topological polar surface area (TPSA) is 88.4 Å². The number of carbonyl (C=O) groups is 2. The fourth-order valence-corrected chi connectivity index (χ4v) is 2.34. The van der Waals surface area contributed by atoms with Gasteiger partial charge in [-0.05, 0) is 42.7 Å². The highest BCUT2D eigenvalue weighted by Crippen LogP contribution is 2.22. The molecule has 0 spiro atoms. The van der Waals surface area contributed by atoms with Crippen molar-refractivity contribution in [2.24, 2.45) is 0 Å². The maximum atomic E-state index is 11.8. The standard InChI is InChI=1S/C20H20N2O4/c1-14-4-3-5-15(2)20(14)26-13-19(24)25-12-18(23)22-17-8-6-16(7-9-17)10-11-21/h3-9H,10,12-13H2,1-2H3,(H,22,23). The molecule has 0 saturated heterocycles. The molecule has 0 aliphatic carbocycles. The Morgan fingerprint density at radius 2 is 1.69 bits per heavy atom. The Balaban J connectivity index is 1.76. The van der Waals surface area contributed by atoms with Crippen molar-refractivity contribution in [2.75, 3.05) is 18.5 Å². The number of anilines is 1. The Labute approximate surface area is 152 Å². The summed E-state index contributed by atoms with van der Waals surface area (Å²) in [6, 6.07) is 14.6. The Kier molecular flexibility index (Phi) is 6.75. The van der Waals surface area contributed by atoms with Crippen molar-refractivity contribution < 1.29 is 19.1 Å². The van der Waals surface area contributed by atoms with Gasteiger partial charge < -0.3 is 14.8 Å². The number of nitrogens with one attached hydrogen (secondary N) is 1. The van der Waals surface area contributed by atoms with Crippen molar-refractivity contribution in [1.82, 2.24) is 0 Å². The van der Waals surface area contributed by atoms with E-state index in [1.54, 1.807) is 24.3 Å². The highest BCUT2D eigenvalue weighted by atomic mass is 16.6. The quantitative estimate of drug-likeness (QED) is 0.774. The summed E-state index contributed by atoms with van der Waals surface area (Å²) >= 11 is 0. The third kappa shape index (κ3) is 5.64. The summed E-state index contributed by atoms with van der Waals surface area (Å²) in [6.45, 7) is 3.13. The molecule has 6 heteroatoms. The molecule has 2 aromatic rings. The highest BCUT2D eigenvalue weighted by Gasteiger charge is 2.11. The smallest absolute Gasteiger partial charge is 0.344 e. The molecule has 2 aromatic carbocycles. The van der Waals surface area contributed by atoms with E-state index in [4.69, 9.17) is 14.7 Å².